The van der Waals surface area contributed by atoms with Crippen LogP contribution < -0.4 is 4.74 Å². The number of pyridine rings is 2. The van der Waals surface area contributed by atoms with Crippen LogP contribution in [0.5, 0.6) is 5.75 Å². The summed E-state index contributed by atoms with van der Waals surface area (Å²) in [6, 6.07) is 11.7. The molecule has 0 radical (unpaired) electrons. The van der Waals surface area contributed by atoms with Crippen molar-refractivity contribution >= 4 is 0 Å². The van der Waals surface area contributed by atoms with Gasteiger partial charge in [0.2, 0.25) is 5.95 Å². The third-order valence-corrected chi connectivity index (χ3v) is 4.17. The lowest BCUT2D eigenvalue weighted by Gasteiger charge is -2.07. The van der Waals surface area contributed by atoms with Crippen molar-refractivity contribution in [3.8, 4) is 28.4 Å². The number of hydrogen-bond donors (Lipinski definition) is 1. The zero-order valence-electron chi connectivity index (χ0n) is 15.0. The number of ether oxygens (including phenoxy) is 1. The van der Waals surface area contributed by atoms with Gasteiger partial charge in [0.25, 0.3) is 0 Å². The van der Waals surface area contributed by atoms with Crippen molar-refractivity contribution in [1.82, 2.24) is 19.9 Å². The fraction of sp³-hybridized carbons (Fsp3) is 0.0952. The Labute approximate surface area is 160 Å². The van der Waals surface area contributed by atoms with Crippen LogP contribution in [0.3, 0.4) is 0 Å². The molecule has 3 aromatic heterocycles. The Morgan fingerprint density at radius 1 is 0.893 bits per heavy atom. The number of nitrogens with zero attached hydrogens (tertiary/aromatic N) is 3. The Kier molecular flexibility index (Phi) is 4.80. The van der Waals surface area contributed by atoms with E-state index < -0.39 is 5.95 Å². The molecule has 0 aliphatic rings. The zero-order valence-corrected chi connectivity index (χ0v) is 15.0. The largest absolute Gasteiger partial charge is 0.487 e. The molecule has 3 heterocycles. The van der Waals surface area contributed by atoms with Gasteiger partial charge in [0, 0.05) is 18.0 Å². The standard InChI is InChI=1S/C21H16F2N4O/c1-13-8-17(22)19(24-9-13)12-28-16-5-2-14(3-6-16)18-11-26-21(27-18)15-4-7-20(23)25-10-15/h2-11H,12H2,1H3,(H,26,27). The molecule has 7 heteroatoms. The van der Waals surface area contributed by atoms with Crippen LogP contribution in [0.25, 0.3) is 22.6 Å². The van der Waals surface area contributed by atoms with Crippen LogP contribution in [0.1, 0.15) is 11.3 Å². The van der Waals surface area contributed by atoms with Crippen LogP contribution in [-0.4, -0.2) is 19.9 Å². The van der Waals surface area contributed by atoms with E-state index in [-0.39, 0.29) is 18.1 Å². The molecule has 5 nitrogen and oxygen atoms in total. The maximum absolute atomic E-state index is 13.8. The van der Waals surface area contributed by atoms with Gasteiger partial charge in [0.15, 0.2) is 0 Å². The number of benzene rings is 1. The van der Waals surface area contributed by atoms with E-state index in [2.05, 4.69) is 19.9 Å². The number of rotatable bonds is 5. The molecule has 0 saturated heterocycles. The Morgan fingerprint density at radius 2 is 1.68 bits per heavy atom. The molecular weight excluding hydrogens is 362 g/mol. The number of H-pyrrole nitrogens is 1. The molecule has 4 rings (SSSR count). The van der Waals surface area contributed by atoms with Crippen LogP contribution in [0.4, 0.5) is 8.78 Å². The molecule has 0 spiro atoms. The molecule has 0 saturated carbocycles. The predicted octanol–water partition coefficient (Wildman–Crippen LogP) is 4.70. The van der Waals surface area contributed by atoms with Gasteiger partial charge in [-0.15, -0.1) is 0 Å². The van der Waals surface area contributed by atoms with Gasteiger partial charge in [-0.05, 0) is 60.5 Å². The second-order valence-corrected chi connectivity index (χ2v) is 6.27. The number of hydrogen-bond acceptors (Lipinski definition) is 4. The highest BCUT2D eigenvalue weighted by atomic mass is 19.1. The van der Waals surface area contributed by atoms with Gasteiger partial charge in [-0.1, -0.05) is 0 Å². The fourth-order valence-electron chi connectivity index (χ4n) is 2.68. The fourth-order valence-corrected chi connectivity index (χ4v) is 2.68. The summed E-state index contributed by atoms with van der Waals surface area (Å²) in [6.07, 6.45) is 4.73. The van der Waals surface area contributed by atoms with Gasteiger partial charge in [0.05, 0.1) is 11.9 Å². The van der Waals surface area contributed by atoms with Crippen molar-refractivity contribution in [3.63, 3.8) is 0 Å². The lowest BCUT2D eigenvalue weighted by Crippen LogP contribution is -2.01. The summed E-state index contributed by atoms with van der Waals surface area (Å²) >= 11 is 0. The van der Waals surface area contributed by atoms with E-state index in [1.165, 1.54) is 18.3 Å². The van der Waals surface area contributed by atoms with Gasteiger partial charge in [-0.2, -0.15) is 4.39 Å². The second-order valence-electron chi connectivity index (χ2n) is 6.27. The first-order valence-corrected chi connectivity index (χ1v) is 8.60. The van der Waals surface area contributed by atoms with E-state index in [0.717, 1.165) is 16.8 Å². The normalized spacial score (nSPS) is 10.8. The van der Waals surface area contributed by atoms with Gasteiger partial charge in [-0.3, -0.25) is 4.98 Å². The number of aromatic nitrogens is 4. The third kappa shape index (κ3) is 3.88. The van der Waals surface area contributed by atoms with Crippen molar-refractivity contribution in [2.24, 2.45) is 0 Å². The van der Waals surface area contributed by atoms with Crippen molar-refractivity contribution < 1.29 is 13.5 Å². The molecule has 1 aromatic carbocycles. The number of aryl methyl sites for hydroxylation is 1. The van der Waals surface area contributed by atoms with Crippen molar-refractivity contribution in [1.29, 1.82) is 0 Å². The van der Waals surface area contributed by atoms with Crippen molar-refractivity contribution in [2.75, 3.05) is 0 Å². The molecular formula is C21H16F2N4O. The number of aromatic amines is 1. The second kappa shape index (κ2) is 7.56. The first-order chi connectivity index (χ1) is 13.6. The first-order valence-electron chi connectivity index (χ1n) is 8.60. The lowest BCUT2D eigenvalue weighted by atomic mass is 10.1. The Hall–Kier alpha value is -3.61. The van der Waals surface area contributed by atoms with Crippen LogP contribution in [-0.2, 0) is 6.61 Å². The molecule has 0 fully saturated rings. The SMILES string of the molecule is Cc1cnc(COc2ccc(-c3cnc(-c4ccc(F)nc4)[nH]3)cc2)c(F)c1. The minimum Gasteiger partial charge on any atom is -0.487 e. The third-order valence-electron chi connectivity index (χ3n) is 4.17. The van der Waals surface area contributed by atoms with Gasteiger partial charge < -0.3 is 9.72 Å². The lowest BCUT2D eigenvalue weighted by molar-refractivity contribution is 0.294. The summed E-state index contributed by atoms with van der Waals surface area (Å²) < 4.78 is 32.4. The average Bonchev–Trinajstić information content (AvgIpc) is 3.18. The highest BCUT2D eigenvalue weighted by Crippen LogP contribution is 2.24. The molecule has 28 heavy (non-hydrogen) atoms. The summed E-state index contributed by atoms with van der Waals surface area (Å²) in [7, 11) is 0. The number of halogens is 2. The Morgan fingerprint density at radius 3 is 2.39 bits per heavy atom. The number of imidazole rings is 1. The van der Waals surface area contributed by atoms with Crippen molar-refractivity contribution in [2.45, 2.75) is 13.5 Å². The van der Waals surface area contributed by atoms with Crippen LogP contribution in [0.2, 0.25) is 0 Å². The summed E-state index contributed by atoms with van der Waals surface area (Å²) in [4.78, 5) is 15.2. The highest BCUT2D eigenvalue weighted by Gasteiger charge is 2.08. The monoisotopic (exact) mass is 378 g/mol. The quantitative estimate of drug-likeness (QED) is 0.511. The Bertz CT molecular complexity index is 1090. The average molecular weight is 378 g/mol. The van der Waals surface area contributed by atoms with Gasteiger partial charge >= 0.3 is 0 Å². The van der Waals surface area contributed by atoms with Crippen molar-refractivity contribution in [3.05, 3.63) is 84.1 Å². The molecule has 0 atom stereocenters. The zero-order chi connectivity index (χ0) is 19.5. The van der Waals surface area contributed by atoms with Crippen LogP contribution in [0, 0.1) is 18.7 Å². The van der Waals surface area contributed by atoms with E-state index >= 15 is 0 Å². The molecule has 1 N–H and O–H groups in total. The van der Waals surface area contributed by atoms with E-state index in [1.807, 2.05) is 12.1 Å². The molecule has 0 bridgehead atoms. The molecule has 4 aromatic rings. The van der Waals surface area contributed by atoms with E-state index in [9.17, 15) is 8.78 Å². The summed E-state index contributed by atoms with van der Waals surface area (Å²) in [5.41, 5.74) is 3.43. The van der Waals surface area contributed by atoms with E-state index in [1.54, 1.807) is 37.5 Å². The molecule has 0 unspecified atom stereocenters. The molecule has 0 aliphatic carbocycles. The maximum atomic E-state index is 13.8. The summed E-state index contributed by atoms with van der Waals surface area (Å²) in [5, 5.41) is 0. The molecule has 0 amide bonds. The molecule has 0 aliphatic heterocycles. The van der Waals surface area contributed by atoms with Gasteiger partial charge in [-0.25, -0.2) is 14.4 Å². The minimum atomic E-state index is -0.535. The van der Waals surface area contributed by atoms with Crippen LogP contribution >= 0.6 is 0 Å². The maximum Gasteiger partial charge on any atom is 0.212 e. The van der Waals surface area contributed by atoms with E-state index in [0.29, 0.717) is 17.1 Å². The number of nitrogens with one attached hydrogen (secondary N) is 1. The van der Waals surface area contributed by atoms with Crippen LogP contribution in [0.15, 0.2) is 61.1 Å². The predicted molar refractivity (Wildman–Crippen MR) is 100 cm³/mol. The van der Waals surface area contributed by atoms with Gasteiger partial charge in [0.1, 0.15) is 29.7 Å². The summed E-state index contributed by atoms with van der Waals surface area (Å²) in [5.74, 6) is 0.292. The Balaban J connectivity index is 1.45. The smallest absolute Gasteiger partial charge is 0.212 e. The minimum absolute atomic E-state index is 0.0528. The van der Waals surface area contributed by atoms with E-state index in [4.69, 9.17) is 4.74 Å². The molecule has 140 valence electrons. The first kappa shape index (κ1) is 17.8. The highest BCUT2D eigenvalue weighted by molar-refractivity contribution is 5.64. The summed E-state index contributed by atoms with van der Waals surface area (Å²) in [6.45, 7) is 1.84. The topological polar surface area (TPSA) is 63.7 Å².